The highest BCUT2D eigenvalue weighted by Gasteiger charge is 2.21. The molecular weight excluding hydrogens is 310 g/mol. The van der Waals surface area contributed by atoms with Crippen LogP contribution in [0.4, 0.5) is 0 Å². The van der Waals surface area contributed by atoms with E-state index in [0.717, 1.165) is 47.2 Å². The number of fused-ring (bicyclic) bond motifs is 1. The van der Waals surface area contributed by atoms with Gasteiger partial charge in [0.2, 0.25) is 0 Å². The second kappa shape index (κ2) is 6.46. The summed E-state index contributed by atoms with van der Waals surface area (Å²) in [4.78, 5) is 22.2. The zero-order valence-corrected chi connectivity index (χ0v) is 14.6. The van der Waals surface area contributed by atoms with Crippen LogP contribution in [0.25, 0.3) is 0 Å². The Labute approximate surface area is 141 Å². The molecule has 0 aliphatic carbocycles. The summed E-state index contributed by atoms with van der Waals surface area (Å²) in [6.45, 7) is 8.43. The van der Waals surface area contributed by atoms with E-state index in [-0.39, 0.29) is 11.5 Å². The van der Waals surface area contributed by atoms with Gasteiger partial charge in [0.15, 0.2) is 0 Å². The summed E-state index contributed by atoms with van der Waals surface area (Å²) in [6, 6.07) is 6.15. The third kappa shape index (κ3) is 3.48. The molecule has 2 heterocycles. The lowest BCUT2D eigenvalue weighted by molar-refractivity contribution is 0.241. The van der Waals surface area contributed by atoms with E-state index in [1.165, 1.54) is 5.56 Å². The van der Waals surface area contributed by atoms with Crippen molar-refractivity contribution in [3.63, 3.8) is 0 Å². The first-order valence-corrected chi connectivity index (χ1v) is 8.41. The summed E-state index contributed by atoms with van der Waals surface area (Å²) in [5.74, 6) is 1.02. The van der Waals surface area contributed by atoms with E-state index in [1.807, 2.05) is 32.9 Å². The third-order valence-corrected chi connectivity index (χ3v) is 4.76. The maximum atomic E-state index is 12.3. The minimum Gasteiger partial charge on any atom is -0.310 e. The molecule has 5 heteroatoms. The highest BCUT2D eigenvalue weighted by atomic mass is 35.5. The second-order valence-corrected chi connectivity index (χ2v) is 6.98. The van der Waals surface area contributed by atoms with E-state index >= 15 is 0 Å². The van der Waals surface area contributed by atoms with Crippen LogP contribution < -0.4 is 5.56 Å². The van der Waals surface area contributed by atoms with Crippen molar-refractivity contribution >= 4 is 11.6 Å². The zero-order chi connectivity index (χ0) is 16.6. The van der Waals surface area contributed by atoms with E-state index in [9.17, 15) is 4.79 Å². The minimum atomic E-state index is 0.00494. The standard InChI is InChI=1S/C18H22ClN3O/c1-11(2)17-20-16-6-7-22(10-14(16)18(23)21-17)9-13-5-4-12(3)15(19)8-13/h4-5,8,11H,6-7,9-10H2,1-3H3,(H,20,21,23). The zero-order valence-electron chi connectivity index (χ0n) is 13.8. The van der Waals surface area contributed by atoms with Gasteiger partial charge < -0.3 is 4.98 Å². The molecule has 0 radical (unpaired) electrons. The molecule has 1 aliphatic rings. The van der Waals surface area contributed by atoms with Gasteiger partial charge in [0.05, 0.1) is 11.3 Å². The molecule has 1 aliphatic heterocycles. The lowest BCUT2D eigenvalue weighted by atomic mass is 10.0. The number of nitrogens with one attached hydrogen (secondary N) is 1. The Bertz CT molecular complexity index is 782. The molecule has 0 saturated carbocycles. The van der Waals surface area contributed by atoms with Crippen molar-refractivity contribution in [2.75, 3.05) is 6.54 Å². The number of halogens is 1. The number of hydrogen-bond acceptors (Lipinski definition) is 3. The number of nitrogens with zero attached hydrogens (tertiary/aromatic N) is 2. The van der Waals surface area contributed by atoms with Gasteiger partial charge in [0.1, 0.15) is 5.82 Å². The van der Waals surface area contributed by atoms with Gasteiger partial charge in [-0.25, -0.2) is 4.98 Å². The van der Waals surface area contributed by atoms with Crippen LogP contribution in [0.15, 0.2) is 23.0 Å². The fourth-order valence-electron chi connectivity index (χ4n) is 2.90. The number of H-pyrrole nitrogens is 1. The van der Waals surface area contributed by atoms with Crippen molar-refractivity contribution in [2.45, 2.75) is 46.2 Å². The van der Waals surface area contributed by atoms with Gasteiger partial charge in [-0.1, -0.05) is 37.6 Å². The largest absolute Gasteiger partial charge is 0.310 e. The molecule has 3 rings (SSSR count). The monoisotopic (exact) mass is 331 g/mol. The maximum absolute atomic E-state index is 12.3. The first-order valence-electron chi connectivity index (χ1n) is 8.03. The Kier molecular flexibility index (Phi) is 4.55. The van der Waals surface area contributed by atoms with Crippen LogP contribution in [0.1, 0.15) is 48.0 Å². The Morgan fingerprint density at radius 2 is 2.17 bits per heavy atom. The van der Waals surface area contributed by atoms with Crippen LogP contribution in [0.2, 0.25) is 5.02 Å². The van der Waals surface area contributed by atoms with Crippen molar-refractivity contribution in [1.29, 1.82) is 0 Å². The normalized spacial score (nSPS) is 15.0. The predicted octanol–water partition coefficient (Wildman–Crippen LogP) is 3.41. The Hall–Kier alpha value is -1.65. The first-order chi connectivity index (χ1) is 10.9. The van der Waals surface area contributed by atoms with Gasteiger partial charge in [-0.3, -0.25) is 9.69 Å². The molecular formula is C18H22ClN3O. The second-order valence-electron chi connectivity index (χ2n) is 6.58. The lowest BCUT2D eigenvalue weighted by Crippen LogP contribution is -2.35. The summed E-state index contributed by atoms with van der Waals surface area (Å²) in [6.07, 6.45) is 0.818. The molecule has 0 unspecified atom stereocenters. The molecule has 4 nitrogen and oxygen atoms in total. The van der Waals surface area contributed by atoms with Gasteiger partial charge >= 0.3 is 0 Å². The molecule has 0 saturated heterocycles. The SMILES string of the molecule is Cc1ccc(CN2CCc3nc(C(C)C)[nH]c(=O)c3C2)cc1Cl. The summed E-state index contributed by atoms with van der Waals surface area (Å²) >= 11 is 6.20. The van der Waals surface area contributed by atoms with Crippen molar-refractivity contribution < 1.29 is 0 Å². The van der Waals surface area contributed by atoms with E-state index in [4.69, 9.17) is 11.6 Å². The predicted molar refractivity (Wildman–Crippen MR) is 93.0 cm³/mol. The number of aryl methyl sites for hydroxylation is 1. The lowest BCUT2D eigenvalue weighted by Gasteiger charge is -2.28. The number of hydrogen-bond donors (Lipinski definition) is 1. The van der Waals surface area contributed by atoms with Gasteiger partial charge in [-0.05, 0) is 24.1 Å². The van der Waals surface area contributed by atoms with Crippen molar-refractivity contribution in [3.05, 3.63) is 61.8 Å². The average Bonchev–Trinajstić information content (AvgIpc) is 2.51. The number of aromatic nitrogens is 2. The first kappa shape index (κ1) is 16.2. The molecule has 0 atom stereocenters. The van der Waals surface area contributed by atoms with Gasteiger partial charge in [-0.15, -0.1) is 0 Å². The summed E-state index contributed by atoms with van der Waals surface area (Å²) < 4.78 is 0. The van der Waals surface area contributed by atoms with Crippen LogP contribution >= 0.6 is 11.6 Å². The number of aromatic amines is 1. The number of benzene rings is 1. The van der Waals surface area contributed by atoms with E-state index in [0.29, 0.717) is 6.54 Å². The smallest absolute Gasteiger partial charge is 0.255 e. The fraction of sp³-hybridized carbons (Fsp3) is 0.444. The molecule has 23 heavy (non-hydrogen) atoms. The molecule has 0 bridgehead atoms. The molecule has 1 N–H and O–H groups in total. The molecule has 122 valence electrons. The van der Waals surface area contributed by atoms with Crippen molar-refractivity contribution in [3.8, 4) is 0 Å². The van der Waals surface area contributed by atoms with E-state index < -0.39 is 0 Å². The average molecular weight is 332 g/mol. The topological polar surface area (TPSA) is 49.0 Å². The van der Waals surface area contributed by atoms with Gasteiger partial charge in [0, 0.05) is 37.0 Å². The van der Waals surface area contributed by atoms with Crippen LogP contribution in [0.5, 0.6) is 0 Å². The molecule has 2 aromatic rings. The van der Waals surface area contributed by atoms with Crippen molar-refractivity contribution in [1.82, 2.24) is 14.9 Å². The van der Waals surface area contributed by atoms with Crippen molar-refractivity contribution in [2.24, 2.45) is 0 Å². The molecule has 1 aromatic carbocycles. The van der Waals surface area contributed by atoms with E-state index in [1.54, 1.807) is 0 Å². The fourth-order valence-corrected chi connectivity index (χ4v) is 3.10. The minimum absolute atomic E-state index is 0.00494. The third-order valence-electron chi connectivity index (χ3n) is 4.36. The Balaban J connectivity index is 1.80. The van der Waals surface area contributed by atoms with Crippen LogP contribution in [0.3, 0.4) is 0 Å². The molecule has 0 amide bonds. The summed E-state index contributed by atoms with van der Waals surface area (Å²) in [7, 11) is 0. The quantitative estimate of drug-likeness (QED) is 0.937. The summed E-state index contributed by atoms with van der Waals surface area (Å²) in [5.41, 5.74) is 4.02. The van der Waals surface area contributed by atoms with Crippen LogP contribution in [-0.2, 0) is 19.5 Å². The highest BCUT2D eigenvalue weighted by molar-refractivity contribution is 6.31. The van der Waals surface area contributed by atoms with E-state index in [2.05, 4.69) is 20.9 Å². The highest BCUT2D eigenvalue weighted by Crippen LogP contribution is 2.21. The Morgan fingerprint density at radius 1 is 1.39 bits per heavy atom. The molecule has 0 spiro atoms. The summed E-state index contributed by atoms with van der Waals surface area (Å²) in [5, 5.41) is 0.793. The Morgan fingerprint density at radius 3 is 2.87 bits per heavy atom. The van der Waals surface area contributed by atoms with Crippen LogP contribution in [-0.4, -0.2) is 21.4 Å². The van der Waals surface area contributed by atoms with Crippen LogP contribution in [0, 0.1) is 6.92 Å². The number of rotatable bonds is 3. The molecule has 1 aromatic heterocycles. The van der Waals surface area contributed by atoms with Gasteiger partial charge in [0.25, 0.3) is 5.56 Å². The maximum Gasteiger partial charge on any atom is 0.255 e. The van der Waals surface area contributed by atoms with Gasteiger partial charge in [-0.2, -0.15) is 0 Å². The molecule has 0 fully saturated rings.